The minimum absolute atomic E-state index is 0.00639. The number of carbonyl (C=O) groups excluding carboxylic acids is 1. The van der Waals surface area contributed by atoms with Crippen molar-refractivity contribution in [2.45, 2.75) is 0 Å². The molecule has 1 rings (SSSR count). The van der Waals surface area contributed by atoms with E-state index in [2.05, 4.69) is 21.2 Å². The van der Waals surface area contributed by atoms with E-state index in [4.69, 9.17) is 18.0 Å². The minimum Gasteiger partial charge on any atom is -0.364 e. The third kappa shape index (κ3) is 2.78. The Kier molecular flexibility index (Phi) is 3.39. The van der Waals surface area contributed by atoms with Crippen molar-refractivity contribution in [2.75, 3.05) is 5.32 Å². The number of nitrogens with two attached hydrogens (primary N) is 1. The van der Waals surface area contributed by atoms with Gasteiger partial charge in [0.25, 0.3) is 5.91 Å². The maximum atomic E-state index is 10.6. The maximum Gasteiger partial charge on any atom is 0.276 e. The third-order valence-electron chi connectivity index (χ3n) is 1.35. The lowest BCUT2D eigenvalue weighted by atomic mass is 10.3. The van der Waals surface area contributed by atoms with Gasteiger partial charge >= 0.3 is 0 Å². The second kappa shape index (κ2) is 4.34. The van der Waals surface area contributed by atoms with E-state index < -0.39 is 5.91 Å². The number of benzene rings is 1. The van der Waals surface area contributed by atoms with Gasteiger partial charge in [-0.2, -0.15) is 0 Å². The summed E-state index contributed by atoms with van der Waals surface area (Å²) in [6.07, 6.45) is 0. The number of amides is 1. The lowest BCUT2D eigenvalue weighted by Crippen LogP contribution is -2.27. The van der Waals surface area contributed by atoms with Crippen LogP contribution >= 0.6 is 28.1 Å². The second-order valence-corrected chi connectivity index (χ2v) is 3.56. The third-order valence-corrected chi connectivity index (χ3v) is 2.34. The Morgan fingerprint density at radius 2 is 2.08 bits per heavy atom. The number of primary amides is 1. The van der Waals surface area contributed by atoms with Crippen molar-refractivity contribution in [3.63, 3.8) is 0 Å². The molecule has 0 aliphatic heterocycles. The Morgan fingerprint density at radius 3 is 2.62 bits per heavy atom. The SMILES string of the molecule is NC(=O)C(=S)Nc1ccccc1Br. The molecule has 0 saturated carbocycles. The van der Waals surface area contributed by atoms with Crippen LogP contribution in [0.15, 0.2) is 28.7 Å². The minimum atomic E-state index is -0.634. The summed E-state index contributed by atoms with van der Waals surface area (Å²) in [4.78, 5) is 10.6. The molecule has 0 aromatic heterocycles. The second-order valence-electron chi connectivity index (χ2n) is 2.30. The van der Waals surface area contributed by atoms with Crippen LogP contribution < -0.4 is 11.1 Å². The Morgan fingerprint density at radius 1 is 1.46 bits per heavy atom. The van der Waals surface area contributed by atoms with Crippen LogP contribution in [-0.4, -0.2) is 10.9 Å². The molecule has 0 fully saturated rings. The van der Waals surface area contributed by atoms with E-state index >= 15 is 0 Å². The Labute approximate surface area is 89.4 Å². The van der Waals surface area contributed by atoms with Crippen LogP contribution in [0.25, 0.3) is 0 Å². The van der Waals surface area contributed by atoms with Crippen LogP contribution in [0.4, 0.5) is 5.69 Å². The molecule has 68 valence electrons. The highest BCUT2D eigenvalue weighted by molar-refractivity contribution is 9.10. The van der Waals surface area contributed by atoms with E-state index in [1.165, 1.54) is 0 Å². The van der Waals surface area contributed by atoms with Crippen molar-refractivity contribution in [3.05, 3.63) is 28.7 Å². The predicted octanol–water partition coefficient (Wildman–Crippen LogP) is 1.67. The van der Waals surface area contributed by atoms with Crippen molar-refractivity contribution >= 4 is 44.7 Å². The number of carbonyl (C=O) groups is 1. The standard InChI is InChI=1S/C8H7BrN2OS/c9-5-3-1-2-4-6(5)11-8(13)7(10)12/h1-4H,(H2,10,12)(H,11,13). The Balaban J connectivity index is 2.81. The molecular formula is C8H7BrN2OS. The molecule has 0 bridgehead atoms. The molecule has 0 atom stereocenters. The zero-order valence-corrected chi connectivity index (χ0v) is 8.98. The van der Waals surface area contributed by atoms with Gasteiger partial charge in [0, 0.05) is 4.47 Å². The van der Waals surface area contributed by atoms with Crippen LogP contribution in [0.1, 0.15) is 0 Å². The number of anilines is 1. The molecule has 0 aliphatic rings. The molecule has 0 spiro atoms. The molecule has 0 unspecified atom stereocenters. The summed E-state index contributed by atoms with van der Waals surface area (Å²) >= 11 is 8.01. The highest BCUT2D eigenvalue weighted by Gasteiger charge is 2.05. The van der Waals surface area contributed by atoms with E-state index in [-0.39, 0.29) is 4.99 Å². The van der Waals surface area contributed by atoms with E-state index in [0.717, 1.165) is 10.2 Å². The molecule has 5 heteroatoms. The molecule has 0 radical (unpaired) electrons. The number of rotatable bonds is 1. The fourth-order valence-electron chi connectivity index (χ4n) is 0.746. The van der Waals surface area contributed by atoms with Gasteiger partial charge in [0.1, 0.15) is 0 Å². The summed E-state index contributed by atoms with van der Waals surface area (Å²) in [5, 5.41) is 2.72. The molecule has 3 N–H and O–H groups in total. The predicted molar refractivity (Wildman–Crippen MR) is 59.6 cm³/mol. The molecule has 0 saturated heterocycles. The molecule has 3 nitrogen and oxygen atoms in total. The molecule has 1 aromatic rings. The van der Waals surface area contributed by atoms with E-state index in [0.29, 0.717) is 0 Å². The molecule has 13 heavy (non-hydrogen) atoms. The van der Waals surface area contributed by atoms with Gasteiger partial charge in [-0.15, -0.1) is 0 Å². The van der Waals surface area contributed by atoms with E-state index in [9.17, 15) is 4.79 Å². The Bertz CT molecular complexity index is 354. The highest BCUT2D eigenvalue weighted by atomic mass is 79.9. The van der Waals surface area contributed by atoms with Gasteiger partial charge in [-0.3, -0.25) is 4.79 Å². The van der Waals surface area contributed by atoms with Crippen molar-refractivity contribution in [1.29, 1.82) is 0 Å². The first-order chi connectivity index (χ1) is 6.11. The summed E-state index contributed by atoms with van der Waals surface area (Å²) in [6, 6.07) is 7.32. The number of halogens is 1. The fraction of sp³-hybridized carbons (Fsp3) is 0. The quantitative estimate of drug-likeness (QED) is 0.754. The monoisotopic (exact) mass is 258 g/mol. The van der Waals surface area contributed by atoms with Crippen molar-refractivity contribution in [2.24, 2.45) is 5.73 Å². The largest absolute Gasteiger partial charge is 0.364 e. The first-order valence-electron chi connectivity index (χ1n) is 3.46. The molecular weight excluding hydrogens is 252 g/mol. The summed E-state index contributed by atoms with van der Waals surface area (Å²) in [5.41, 5.74) is 5.70. The van der Waals surface area contributed by atoms with Gasteiger partial charge in [-0.25, -0.2) is 0 Å². The lowest BCUT2D eigenvalue weighted by Gasteiger charge is -2.05. The summed E-state index contributed by atoms with van der Waals surface area (Å²) in [6.45, 7) is 0. The zero-order valence-electron chi connectivity index (χ0n) is 6.58. The normalized spacial score (nSPS) is 9.31. The van der Waals surface area contributed by atoms with Gasteiger partial charge in [-0.1, -0.05) is 24.4 Å². The molecule has 0 aliphatic carbocycles. The average molecular weight is 259 g/mol. The van der Waals surface area contributed by atoms with Gasteiger partial charge < -0.3 is 11.1 Å². The Hall–Kier alpha value is -0.940. The average Bonchev–Trinajstić information content (AvgIpc) is 2.08. The maximum absolute atomic E-state index is 10.6. The number of hydrogen-bond acceptors (Lipinski definition) is 2. The smallest absolute Gasteiger partial charge is 0.276 e. The number of thiocarbonyl (C=S) groups is 1. The number of nitrogens with one attached hydrogen (secondary N) is 1. The molecule has 1 aromatic carbocycles. The fourth-order valence-corrected chi connectivity index (χ4v) is 1.24. The van der Waals surface area contributed by atoms with Crippen LogP contribution in [0, 0.1) is 0 Å². The van der Waals surface area contributed by atoms with Gasteiger partial charge in [0.05, 0.1) is 5.69 Å². The topological polar surface area (TPSA) is 55.1 Å². The van der Waals surface area contributed by atoms with Gasteiger partial charge in [-0.05, 0) is 28.1 Å². The van der Waals surface area contributed by atoms with E-state index in [1.807, 2.05) is 18.2 Å². The van der Waals surface area contributed by atoms with Crippen LogP contribution in [-0.2, 0) is 4.79 Å². The van der Waals surface area contributed by atoms with Crippen LogP contribution in [0.2, 0.25) is 0 Å². The van der Waals surface area contributed by atoms with Crippen molar-refractivity contribution in [1.82, 2.24) is 0 Å². The summed E-state index contributed by atoms with van der Waals surface area (Å²) < 4.78 is 0.832. The van der Waals surface area contributed by atoms with Crippen LogP contribution in [0.5, 0.6) is 0 Å². The van der Waals surface area contributed by atoms with Gasteiger partial charge in [0.15, 0.2) is 4.99 Å². The molecule has 0 heterocycles. The summed E-state index contributed by atoms with van der Waals surface area (Å²) in [5.74, 6) is -0.634. The highest BCUT2D eigenvalue weighted by Crippen LogP contribution is 2.20. The first-order valence-corrected chi connectivity index (χ1v) is 4.66. The summed E-state index contributed by atoms with van der Waals surface area (Å²) in [7, 11) is 0. The van der Waals surface area contributed by atoms with Crippen molar-refractivity contribution in [3.8, 4) is 0 Å². The molecule has 1 amide bonds. The van der Waals surface area contributed by atoms with Crippen molar-refractivity contribution < 1.29 is 4.79 Å². The zero-order chi connectivity index (χ0) is 9.84. The first kappa shape index (κ1) is 10.1. The number of para-hydroxylation sites is 1. The number of hydrogen-bond donors (Lipinski definition) is 2. The van der Waals surface area contributed by atoms with E-state index in [1.54, 1.807) is 6.07 Å². The van der Waals surface area contributed by atoms with Gasteiger partial charge in [0.2, 0.25) is 0 Å². The lowest BCUT2D eigenvalue weighted by molar-refractivity contribution is -0.111. The van der Waals surface area contributed by atoms with Crippen LogP contribution in [0.3, 0.4) is 0 Å².